The Morgan fingerprint density at radius 1 is 0.780 bits per heavy atom. The van der Waals surface area contributed by atoms with E-state index < -0.39 is 29.6 Å². The monoisotopic (exact) mass is 560 g/mol. The smallest absolute Gasteiger partial charge is 0.270 e. The predicted molar refractivity (Wildman–Crippen MR) is 159 cm³/mol. The lowest BCUT2D eigenvalue weighted by Crippen LogP contribution is -2.54. The second kappa shape index (κ2) is 14.9. The van der Waals surface area contributed by atoms with Crippen molar-refractivity contribution in [3.05, 3.63) is 83.9 Å². The first-order chi connectivity index (χ1) is 19.6. The molecule has 0 radical (unpaired) electrons. The van der Waals surface area contributed by atoms with Crippen LogP contribution in [0.15, 0.2) is 72.8 Å². The molecule has 0 aliphatic rings. The molecule has 0 spiro atoms. The Hall–Kier alpha value is -4.24. The van der Waals surface area contributed by atoms with E-state index in [4.69, 9.17) is 4.74 Å². The van der Waals surface area contributed by atoms with E-state index in [0.717, 1.165) is 21.9 Å². The molecule has 0 saturated heterocycles. The van der Waals surface area contributed by atoms with Crippen molar-refractivity contribution in [2.75, 3.05) is 7.11 Å². The van der Waals surface area contributed by atoms with E-state index in [1.807, 2.05) is 93.6 Å². The summed E-state index contributed by atoms with van der Waals surface area (Å²) in [5.74, 6) is -1.73. The van der Waals surface area contributed by atoms with Crippen molar-refractivity contribution in [3.8, 4) is 0 Å². The summed E-state index contributed by atoms with van der Waals surface area (Å²) in [5, 5.41) is 13.0. The number of rotatable bonds is 13. The Kier molecular flexibility index (Phi) is 11.4. The van der Waals surface area contributed by atoms with Crippen molar-refractivity contribution in [3.63, 3.8) is 0 Å². The Morgan fingerprint density at radius 2 is 1.46 bits per heavy atom. The van der Waals surface area contributed by atoms with Crippen molar-refractivity contribution in [2.45, 2.75) is 70.8 Å². The maximum Gasteiger partial charge on any atom is 0.270 e. The van der Waals surface area contributed by atoms with Crippen molar-refractivity contribution >= 4 is 34.4 Å². The maximum atomic E-state index is 13.3. The van der Waals surface area contributed by atoms with Gasteiger partial charge in [0.25, 0.3) is 5.91 Å². The lowest BCUT2D eigenvalue weighted by Gasteiger charge is -2.24. The van der Waals surface area contributed by atoms with Gasteiger partial charge >= 0.3 is 0 Å². The van der Waals surface area contributed by atoms with Crippen LogP contribution in [0.5, 0.6) is 0 Å². The number of amides is 4. The summed E-state index contributed by atoms with van der Waals surface area (Å²) in [6, 6.07) is 22.2. The number of aryl methyl sites for hydroxylation is 1. The quantitative estimate of drug-likeness (QED) is 0.239. The number of hydrogen-bond acceptors (Lipinski definition) is 5. The molecule has 0 heterocycles. The summed E-state index contributed by atoms with van der Waals surface area (Å²) in [5.41, 5.74) is 1.48. The van der Waals surface area contributed by atoms with Gasteiger partial charge in [-0.25, -0.2) is 0 Å². The summed E-state index contributed by atoms with van der Waals surface area (Å²) in [6.45, 7) is 5.82. The molecule has 3 aromatic carbocycles. The molecule has 0 bridgehead atoms. The van der Waals surface area contributed by atoms with Gasteiger partial charge in [0.1, 0.15) is 6.04 Å². The van der Waals surface area contributed by atoms with E-state index in [9.17, 15) is 19.2 Å². The molecule has 0 saturated carbocycles. The van der Waals surface area contributed by atoms with Crippen LogP contribution in [0, 0.1) is 0 Å². The largest absolute Gasteiger partial charge is 0.353 e. The maximum absolute atomic E-state index is 13.3. The highest BCUT2D eigenvalue weighted by molar-refractivity contribution is 5.92. The second-order valence-electron chi connectivity index (χ2n) is 10.9. The molecule has 0 aliphatic heterocycles. The molecule has 9 heteroatoms. The molecular weight excluding hydrogens is 520 g/mol. The Morgan fingerprint density at radius 3 is 2.17 bits per heavy atom. The van der Waals surface area contributed by atoms with Gasteiger partial charge in [0.2, 0.25) is 23.9 Å². The van der Waals surface area contributed by atoms with Crippen LogP contribution < -0.4 is 21.3 Å². The Balaban J connectivity index is 1.63. The standard InChI is InChI=1S/C32H40N4O5/c1-32(2,3)36-28(38)20-18-26(34-27(37)19-17-22-11-6-5-7-12-22)29(39)35-31(41-4)30(40)33-21-24-15-10-14-23-13-8-9-16-25(23)24/h5-16,26,31H,17-21H2,1-4H3,(H,33,40)(H,34,37)(H,35,39)(H,36,38)/t26-,31-/m0/s1. The van der Waals surface area contributed by atoms with Crippen LogP contribution >= 0.6 is 0 Å². The van der Waals surface area contributed by atoms with Crippen LogP contribution in [0.1, 0.15) is 51.2 Å². The first-order valence-corrected chi connectivity index (χ1v) is 13.8. The van der Waals surface area contributed by atoms with Crippen LogP contribution in [-0.4, -0.2) is 48.5 Å². The Labute approximate surface area is 241 Å². The fourth-order valence-electron chi connectivity index (χ4n) is 4.38. The van der Waals surface area contributed by atoms with Crippen molar-refractivity contribution in [2.24, 2.45) is 0 Å². The molecule has 218 valence electrons. The number of methoxy groups -OCH3 is 1. The molecule has 2 atom stereocenters. The first-order valence-electron chi connectivity index (χ1n) is 13.8. The van der Waals surface area contributed by atoms with Crippen LogP contribution in [-0.2, 0) is 36.9 Å². The fourth-order valence-corrected chi connectivity index (χ4v) is 4.38. The zero-order valence-electron chi connectivity index (χ0n) is 24.2. The molecular formula is C32H40N4O5. The minimum atomic E-state index is -1.29. The minimum Gasteiger partial charge on any atom is -0.353 e. The van der Waals surface area contributed by atoms with Crippen LogP contribution in [0.4, 0.5) is 0 Å². The zero-order valence-corrected chi connectivity index (χ0v) is 24.2. The third kappa shape index (κ3) is 10.3. The van der Waals surface area contributed by atoms with Crippen LogP contribution in [0.3, 0.4) is 0 Å². The van der Waals surface area contributed by atoms with Gasteiger partial charge in [0, 0.05) is 32.0 Å². The number of nitrogens with one attached hydrogen (secondary N) is 4. The van der Waals surface area contributed by atoms with E-state index in [1.165, 1.54) is 7.11 Å². The number of ether oxygens (including phenoxy) is 1. The van der Waals surface area contributed by atoms with Gasteiger partial charge in [0.15, 0.2) is 0 Å². The summed E-state index contributed by atoms with van der Waals surface area (Å²) < 4.78 is 5.27. The first kappa shape index (κ1) is 31.3. The summed E-state index contributed by atoms with van der Waals surface area (Å²) in [4.78, 5) is 51.4. The molecule has 41 heavy (non-hydrogen) atoms. The number of carbonyl (C=O) groups is 4. The van der Waals surface area contributed by atoms with Gasteiger partial charge in [-0.15, -0.1) is 0 Å². The van der Waals surface area contributed by atoms with Gasteiger partial charge in [-0.1, -0.05) is 72.8 Å². The van der Waals surface area contributed by atoms with E-state index in [2.05, 4.69) is 21.3 Å². The highest BCUT2D eigenvalue weighted by atomic mass is 16.5. The lowest BCUT2D eigenvalue weighted by molar-refractivity contribution is -0.140. The summed E-state index contributed by atoms with van der Waals surface area (Å²) in [7, 11) is 1.31. The van der Waals surface area contributed by atoms with Gasteiger partial charge in [0.05, 0.1) is 0 Å². The second-order valence-corrected chi connectivity index (χ2v) is 10.9. The van der Waals surface area contributed by atoms with Crippen molar-refractivity contribution in [1.82, 2.24) is 21.3 Å². The van der Waals surface area contributed by atoms with Gasteiger partial charge in [-0.3, -0.25) is 19.2 Å². The van der Waals surface area contributed by atoms with Gasteiger partial charge in [-0.2, -0.15) is 0 Å². The topological polar surface area (TPSA) is 126 Å². The minimum absolute atomic E-state index is 0.0131. The molecule has 4 N–H and O–H groups in total. The number of benzene rings is 3. The molecule has 4 amide bonds. The fraction of sp³-hybridized carbons (Fsp3) is 0.375. The number of hydrogen-bond donors (Lipinski definition) is 4. The predicted octanol–water partition coefficient (Wildman–Crippen LogP) is 3.36. The van der Waals surface area contributed by atoms with Gasteiger partial charge < -0.3 is 26.0 Å². The SMILES string of the molecule is CO[C@H](NC(=O)[C@H](CCC(=O)NC(C)(C)C)NC(=O)CCc1ccccc1)C(=O)NCc1cccc2ccccc12. The van der Waals surface area contributed by atoms with Gasteiger partial charge in [-0.05, 0) is 55.5 Å². The summed E-state index contributed by atoms with van der Waals surface area (Å²) in [6.07, 6.45) is -0.549. The molecule has 0 fully saturated rings. The highest BCUT2D eigenvalue weighted by Gasteiger charge is 2.27. The van der Waals surface area contributed by atoms with E-state index in [0.29, 0.717) is 6.42 Å². The Bertz CT molecular complexity index is 1330. The van der Waals surface area contributed by atoms with Crippen LogP contribution in [0.2, 0.25) is 0 Å². The van der Waals surface area contributed by atoms with Crippen molar-refractivity contribution < 1.29 is 23.9 Å². The van der Waals surface area contributed by atoms with Crippen LogP contribution in [0.25, 0.3) is 10.8 Å². The zero-order chi connectivity index (χ0) is 29.8. The third-order valence-corrected chi connectivity index (χ3v) is 6.39. The lowest BCUT2D eigenvalue weighted by atomic mass is 10.0. The van der Waals surface area contributed by atoms with Crippen molar-refractivity contribution in [1.29, 1.82) is 0 Å². The summed E-state index contributed by atoms with van der Waals surface area (Å²) >= 11 is 0. The van der Waals surface area contributed by atoms with E-state index in [-0.39, 0.29) is 37.6 Å². The highest BCUT2D eigenvalue weighted by Crippen LogP contribution is 2.18. The normalized spacial score (nSPS) is 12.7. The number of fused-ring (bicyclic) bond motifs is 1. The molecule has 0 unspecified atom stereocenters. The third-order valence-electron chi connectivity index (χ3n) is 6.39. The van der Waals surface area contributed by atoms with E-state index in [1.54, 1.807) is 0 Å². The average molecular weight is 561 g/mol. The number of carbonyl (C=O) groups excluding carboxylic acids is 4. The molecule has 3 aromatic rings. The van der Waals surface area contributed by atoms with E-state index >= 15 is 0 Å². The molecule has 9 nitrogen and oxygen atoms in total. The molecule has 3 rings (SSSR count). The molecule has 0 aromatic heterocycles. The molecule has 0 aliphatic carbocycles. The average Bonchev–Trinajstić information content (AvgIpc) is 2.95.